The van der Waals surface area contributed by atoms with Crippen LogP contribution in [0.25, 0.3) is 0 Å². The minimum atomic E-state index is -0.331. The Hall–Kier alpha value is -1.08. The molecule has 3 rings (SSSR count). The third-order valence-corrected chi connectivity index (χ3v) is 4.67. The number of benzene rings is 1. The highest BCUT2D eigenvalue weighted by Gasteiger charge is 2.37. The van der Waals surface area contributed by atoms with Gasteiger partial charge in [0.15, 0.2) is 0 Å². The van der Waals surface area contributed by atoms with Gasteiger partial charge in [-0.3, -0.25) is 15.0 Å². The number of nitrogens with zero attached hydrogens (tertiary/aromatic N) is 2. The highest BCUT2D eigenvalue weighted by Crippen LogP contribution is 2.44. The third-order valence-electron chi connectivity index (χ3n) is 4.67. The number of phenols is 1. The van der Waals surface area contributed by atoms with Gasteiger partial charge in [-0.2, -0.15) is 0 Å². The second kappa shape index (κ2) is 8.68. The molecule has 1 aromatic rings. The number of phenolic OH excluding ortho intramolecular Hbond substituents is 1. The van der Waals surface area contributed by atoms with Crippen molar-refractivity contribution in [3.8, 4) is 5.75 Å². The normalized spacial score (nSPS) is 19.8. The Labute approximate surface area is 148 Å². The quantitative estimate of drug-likeness (QED) is 0.635. The Morgan fingerprint density at radius 3 is 2.43 bits per heavy atom. The van der Waals surface area contributed by atoms with Gasteiger partial charge in [0.25, 0.3) is 5.69 Å². The van der Waals surface area contributed by atoms with Gasteiger partial charge < -0.3 is 10.4 Å². The molecule has 0 bridgehead atoms. The number of piperazine rings is 1. The summed E-state index contributed by atoms with van der Waals surface area (Å²) in [4.78, 5) is 13.3. The number of nitrogens with one attached hydrogen (secondary N) is 1. The van der Waals surface area contributed by atoms with Crippen LogP contribution in [0.1, 0.15) is 30.9 Å². The Morgan fingerprint density at radius 2 is 1.91 bits per heavy atom. The van der Waals surface area contributed by atoms with Crippen molar-refractivity contribution in [2.45, 2.75) is 25.3 Å². The van der Waals surface area contributed by atoms with Crippen molar-refractivity contribution in [1.29, 1.82) is 0 Å². The van der Waals surface area contributed by atoms with E-state index in [1.54, 1.807) is 6.07 Å². The van der Waals surface area contributed by atoms with Crippen molar-refractivity contribution in [3.63, 3.8) is 0 Å². The van der Waals surface area contributed by atoms with Gasteiger partial charge in [-0.15, -0.1) is 24.8 Å². The molecule has 1 heterocycles. The molecule has 8 heteroatoms. The number of hydrogen-bond acceptors (Lipinski definition) is 5. The highest BCUT2D eigenvalue weighted by molar-refractivity contribution is 5.85. The molecule has 0 radical (unpaired) electrons. The second-order valence-corrected chi connectivity index (χ2v) is 5.92. The maximum Gasteiger partial charge on any atom is 0.274 e. The van der Waals surface area contributed by atoms with Crippen LogP contribution in [-0.4, -0.2) is 41.1 Å². The molecule has 0 unspecified atom stereocenters. The van der Waals surface area contributed by atoms with Gasteiger partial charge in [0.05, 0.1) is 10.5 Å². The number of halogens is 2. The Balaban J connectivity index is 0.00000132. The fraction of sp³-hybridized carbons (Fsp3) is 0.600. The molecule has 1 aromatic carbocycles. The lowest BCUT2D eigenvalue weighted by Gasteiger charge is -2.43. The van der Waals surface area contributed by atoms with Gasteiger partial charge in [-0.1, -0.05) is 6.42 Å². The van der Waals surface area contributed by atoms with E-state index in [2.05, 4.69) is 10.2 Å². The summed E-state index contributed by atoms with van der Waals surface area (Å²) in [5.74, 6) is 0.568. The van der Waals surface area contributed by atoms with Gasteiger partial charge in [-0.05, 0) is 30.9 Å². The summed E-state index contributed by atoms with van der Waals surface area (Å²) in [6.07, 6.45) is 3.42. The number of rotatable bonds is 4. The molecule has 1 aliphatic heterocycles. The van der Waals surface area contributed by atoms with Crippen LogP contribution >= 0.6 is 24.8 Å². The van der Waals surface area contributed by atoms with Crippen molar-refractivity contribution < 1.29 is 10.0 Å². The number of aromatic hydroxyl groups is 1. The molecule has 2 fully saturated rings. The molecule has 23 heavy (non-hydrogen) atoms. The molecule has 0 aromatic heterocycles. The van der Waals surface area contributed by atoms with Crippen molar-refractivity contribution in [3.05, 3.63) is 33.9 Å². The first-order chi connectivity index (χ1) is 10.2. The first-order valence-corrected chi connectivity index (χ1v) is 7.59. The standard InChI is InChI=1S/C15H21N3O3.2ClH/c19-12-4-5-14(18(20)21)13(10-12)15(11-2-1-3-11)17-8-6-16-7-9-17;;/h4-5,10-11,15-16,19H,1-3,6-9H2;2*1H/t15-;;/m0../s1. The van der Waals surface area contributed by atoms with Crippen LogP contribution in [0.4, 0.5) is 5.69 Å². The maximum absolute atomic E-state index is 11.3. The Bertz CT molecular complexity index is 535. The van der Waals surface area contributed by atoms with Gasteiger partial charge in [0, 0.05) is 38.3 Å². The lowest BCUT2D eigenvalue weighted by molar-refractivity contribution is -0.386. The van der Waals surface area contributed by atoms with Crippen molar-refractivity contribution >= 4 is 30.5 Å². The topological polar surface area (TPSA) is 78.6 Å². The van der Waals surface area contributed by atoms with Gasteiger partial charge in [-0.25, -0.2) is 0 Å². The van der Waals surface area contributed by atoms with Crippen molar-refractivity contribution in [2.75, 3.05) is 26.2 Å². The van der Waals surface area contributed by atoms with Crippen LogP contribution in [-0.2, 0) is 0 Å². The average Bonchev–Trinajstić information content (AvgIpc) is 2.43. The van der Waals surface area contributed by atoms with E-state index in [4.69, 9.17) is 0 Å². The minimum Gasteiger partial charge on any atom is -0.508 e. The summed E-state index contributed by atoms with van der Waals surface area (Å²) in [5, 5.41) is 24.4. The highest BCUT2D eigenvalue weighted by atomic mass is 35.5. The molecule has 1 saturated heterocycles. The Morgan fingerprint density at radius 1 is 1.26 bits per heavy atom. The van der Waals surface area contributed by atoms with E-state index < -0.39 is 0 Å². The average molecular weight is 364 g/mol. The van der Waals surface area contributed by atoms with E-state index in [1.807, 2.05) is 0 Å². The molecule has 1 atom stereocenters. The maximum atomic E-state index is 11.3. The van der Waals surface area contributed by atoms with E-state index in [0.29, 0.717) is 11.5 Å². The zero-order chi connectivity index (χ0) is 14.8. The van der Waals surface area contributed by atoms with E-state index in [9.17, 15) is 15.2 Å². The fourth-order valence-electron chi connectivity index (χ4n) is 3.41. The predicted molar refractivity (Wildman–Crippen MR) is 93.8 cm³/mol. The third kappa shape index (κ3) is 4.26. The summed E-state index contributed by atoms with van der Waals surface area (Å²) in [5.41, 5.74) is 0.801. The zero-order valence-corrected chi connectivity index (χ0v) is 14.4. The molecule has 2 N–H and O–H groups in total. The van der Waals surface area contributed by atoms with E-state index in [-0.39, 0.29) is 47.2 Å². The summed E-state index contributed by atoms with van der Waals surface area (Å²) in [6.45, 7) is 3.62. The Kier molecular flexibility index (Phi) is 7.54. The van der Waals surface area contributed by atoms with Crippen LogP contribution in [0.15, 0.2) is 18.2 Å². The minimum absolute atomic E-state index is 0. The molecule has 2 aliphatic rings. The molecule has 1 saturated carbocycles. The monoisotopic (exact) mass is 363 g/mol. The lowest BCUT2D eigenvalue weighted by atomic mass is 9.76. The summed E-state index contributed by atoms with van der Waals surface area (Å²) in [6, 6.07) is 4.46. The lowest BCUT2D eigenvalue weighted by Crippen LogP contribution is -2.48. The van der Waals surface area contributed by atoms with Gasteiger partial charge in [0.1, 0.15) is 5.75 Å². The summed E-state index contributed by atoms with van der Waals surface area (Å²) < 4.78 is 0. The zero-order valence-electron chi connectivity index (χ0n) is 12.8. The summed E-state index contributed by atoms with van der Waals surface area (Å²) in [7, 11) is 0. The van der Waals surface area contributed by atoms with Crippen LogP contribution in [0.5, 0.6) is 5.75 Å². The fourth-order valence-corrected chi connectivity index (χ4v) is 3.41. The molecule has 1 aliphatic carbocycles. The molecule has 0 spiro atoms. The molecular weight excluding hydrogens is 341 g/mol. The number of nitro groups is 1. The second-order valence-electron chi connectivity index (χ2n) is 5.92. The first kappa shape index (κ1) is 20.0. The molecule has 130 valence electrons. The van der Waals surface area contributed by atoms with E-state index in [1.165, 1.54) is 18.6 Å². The summed E-state index contributed by atoms with van der Waals surface area (Å²) >= 11 is 0. The molecule has 0 amide bonds. The molecular formula is C15H23Cl2N3O3. The first-order valence-electron chi connectivity index (χ1n) is 7.59. The van der Waals surface area contributed by atoms with Crippen LogP contribution < -0.4 is 5.32 Å². The van der Waals surface area contributed by atoms with Crippen LogP contribution in [0, 0.1) is 16.0 Å². The van der Waals surface area contributed by atoms with Gasteiger partial charge in [0.2, 0.25) is 0 Å². The number of nitro benzene ring substituents is 1. The largest absolute Gasteiger partial charge is 0.508 e. The van der Waals surface area contributed by atoms with Crippen LogP contribution in [0.3, 0.4) is 0 Å². The van der Waals surface area contributed by atoms with Gasteiger partial charge >= 0.3 is 0 Å². The number of hydrogen-bond donors (Lipinski definition) is 2. The van der Waals surface area contributed by atoms with Crippen molar-refractivity contribution in [1.82, 2.24) is 10.2 Å². The SMILES string of the molecule is Cl.Cl.O=[N+]([O-])c1ccc(O)cc1[C@H](C1CCC1)N1CCNCC1. The smallest absolute Gasteiger partial charge is 0.274 e. The predicted octanol–water partition coefficient (Wildman–Crippen LogP) is 2.89. The van der Waals surface area contributed by atoms with E-state index in [0.717, 1.165) is 39.0 Å². The molecule has 6 nitrogen and oxygen atoms in total. The van der Waals surface area contributed by atoms with Crippen LogP contribution in [0.2, 0.25) is 0 Å². The van der Waals surface area contributed by atoms with Crippen molar-refractivity contribution in [2.24, 2.45) is 5.92 Å². The van der Waals surface area contributed by atoms with E-state index >= 15 is 0 Å².